The second-order valence-corrected chi connectivity index (χ2v) is 5.90. The van der Waals surface area contributed by atoms with E-state index in [1.807, 2.05) is 6.92 Å². The van der Waals surface area contributed by atoms with Crippen molar-refractivity contribution >= 4 is 22.2 Å². The molecule has 0 aliphatic rings. The van der Waals surface area contributed by atoms with Gasteiger partial charge >= 0.3 is 0 Å². The first-order chi connectivity index (χ1) is 9.78. The van der Waals surface area contributed by atoms with Crippen LogP contribution in [0.2, 0.25) is 0 Å². The number of aromatic nitrogens is 2. The lowest BCUT2D eigenvalue weighted by Crippen LogP contribution is -2.13. The smallest absolute Gasteiger partial charge is 0.113 e. The summed E-state index contributed by atoms with van der Waals surface area (Å²) in [5, 5.41) is 7.99. The Morgan fingerprint density at radius 1 is 1.30 bits per heavy atom. The van der Waals surface area contributed by atoms with Gasteiger partial charge in [-0.1, -0.05) is 25.1 Å². The topological polar surface area (TPSA) is 29.9 Å². The molecule has 0 aliphatic carbocycles. The summed E-state index contributed by atoms with van der Waals surface area (Å²) >= 11 is 1.73. The lowest BCUT2D eigenvalue weighted by molar-refractivity contribution is 0.723. The van der Waals surface area contributed by atoms with Gasteiger partial charge in [0.1, 0.15) is 5.01 Å². The van der Waals surface area contributed by atoms with Crippen molar-refractivity contribution in [2.24, 2.45) is 0 Å². The molecule has 0 bridgehead atoms. The molecule has 0 fully saturated rings. The van der Waals surface area contributed by atoms with Crippen molar-refractivity contribution in [2.75, 3.05) is 6.54 Å². The maximum Gasteiger partial charge on any atom is 0.113 e. The monoisotopic (exact) mass is 285 g/mol. The zero-order chi connectivity index (χ0) is 13.9. The fourth-order valence-electron chi connectivity index (χ4n) is 2.50. The highest BCUT2D eigenvalue weighted by Crippen LogP contribution is 2.22. The number of nitrogens with one attached hydrogen (secondary N) is 1. The predicted octanol–water partition coefficient (Wildman–Crippen LogP) is 3.56. The molecule has 20 heavy (non-hydrogen) atoms. The number of aryl methyl sites for hydroxylation is 1. The molecule has 1 aromatic carbocycles. The molecule has 3 nitrogen and oxygen atoms in total. The third-order valence-electron chi connectivity index (χ3n) is 3.41. The molecule has 0 unspecified atom stereocenters. The summed E-state index contributed by atoms with van der Waals surface area (Å²) < 4.78 is 2.31. The predicted molar refractivity (Wildman–Crippen MR) is 85.3 cm³/mol. The Kier molecular flexibility index (Phi) is 3.85. The van der Waals surface area contributed by atoms with Crippen molar-refractivity contribution in [1.29, 1.82) is 0 Å². The molecule has 3 rings (SSSR count). The van der Waals surface area contributed by atoms with Crippen molar-refractivity contribution in [2.45, 2.75) is 26.9 Å². The van der Waals surface area contributed by atoms with Crippen LogP contribution in [0.25, 0.3) is 10.9 Å². The van der Waals surface area contributed by atoms with Crippen LogP contribution in [0.3, 0.4) is 0 Å². The molecular weight excluding hydrogens is 266 g/mol. The van der Waals surface area contributed by atoms with E-state index in [1.165, 1.54) is 21.5 Å². The van der Waals surface area contributed by atoms with Gasteiger partial charge in [0.05, 0.1) is 12.1 Å². The number of para-hydroxylation sites is 1. The summed E-state index contributed by atoms with van der Waals surface area (Å²) in [6, 6.07) is 8.70. The number of hydrogen-bond acceptors (Lipinski definition) is 3. The van der Waals surface area contributed by atoms with Gasteiger partial charge in [0.15, 0.2) is 0 Å². The van der Waals surface area contributed by atoms with E-state index in [1.54, 1.807) is 11.3 Å². The zero-order valence-corrected chi connectivity index (χ0v) is 12.7. The number of fused-ring (bicyclic) bond motifs is 1. The van der Waals surface area contributed by atoms with E-state index in [9.17, 15) is 0 Å². The van der Waals surface area contributed by atoms with Gasteiger partial charge in [0, 0.05) is 23.8 Å². The summed E-state index contributed by atoms with van der Waals surface area (Å²) in [7, 11) is 0. The van der Waals surface area contributed by atoms with Crippen LogP contribution in [-0.2, 0) is 13.1 Å². The van der Waals surface area contributed by atoms with E-state index < -0.39 is 0 Å². The van der Waals surface area contributed by atoms with Crippen molar-refractivity contribution < 1.29 is 0 Å². The summed E-state index contributed by atoms with van der Waals surface area (Å²) in [5.74, 6) is 0. The van der Waals surface area contributed by atoms with E-state index in [0.717, 1.165) is 25.3 Å². The van der Waals surface area contributed by atoms with Gasteiger partial charge in [-0.25, -0.2) is 4.98 Å². The van der Waals surface area contributed by atoms with E-state index >= 15 is 0 Å². The molecule has 104 valence electrons. The first-order valence-corrected chi connectivity index (χ1v) is 7.84. The summed E-state index contributed by atoms with van der Waals surface area (Å²) in [6.07, 6.45) is 2.16. The van der Waals surface area contributed by atoms with Crippen LogP contribution >= 0.6 is 11.3 Å². The van der Waals surface area contributed by atoms with E-state index in [0.29, 0.717) is 0 Å². The number of hydrogen-bond donors (Lipinski definition) is 1. The fraction of sp³-hybridized carbons (Fsp3) is 0.312. The highest BCUT2D eigenvalue weighted by Gasteiger charge is 2.08. The minimum atomic E-state index is 0.852. The molecule has 0 saturated heterocycles. The third kappa shape index (κ3) is 2.62. The van der Waals surface area contributed by atoms with Crippen LogP contribution in [-0.4, -0.2) is 16.1 Å². The van der Waals surface area contributed by atoms with Crippen molar-refractivity contribution in [3.8, 4) is 0 Å². The van der Waals surface area contributed by atoms with Crippen LogP contribution < -0.4 is 5.32 Å². The maximum atomic E-state index is 4.57. The zero-order valence-electron chi connectivity index (χ0n) is 11.9. The normalized spacial score (nSPS) is 11.3. The van der Waals surface area contributed by atoms with Gasteiger partial charge in [-0.3, -0.25) is 0 Å². The third-order valence-corrected chi connectivity index (χ3v) is 4.36. The minimum absolute atomic E-state index is 0.852. The molecule has 0 atom stereocenters. The van der Waals surface area contributed by atoms with Crippen LogP contribution in [0.5, 0.6) is 0 Å². The Hall–Kier alpha value is -1.65. The summed E-state index contributed by atoms with van der Waals surface area (Å²) in [4.78, 5) is 4.57. The van der Waals surface area contributed by atoms with Gasteiger partial charge in [-0.15, -0.1) is 11.3 Å². The Morgan fingerprint density at radius 2 is 2.20 bits per heavy atom. The SMILES string of the molecule is CCNCc1cccc2ccn(Cc3nc(C)cs3)c12. The second-order valence-electron chi connectivity index (χ2n) is 4.96. The van der Waals surface area contributed by atoms with Gasteiger partial charge in [-0.05, 0) is 30.5 Å². The molecular formula is C16H19N3S. The standard InChI is InChI=1S/C16H19N3S/c1-3-17-9-14-6-4-5-13-7-8-19(16(13)14)10-15-18-12(2)11-20-15/h4-8,11,17H,3,9-10H2,1-2H3. The Bertz CT molecular complexity index is 711. The van der Waals surface area contributed by atoms with E-state index in [-0.39, 0.29) is 0 Å². The average molecular weight is 285 g/mol. The Labute approximate surface area is 123 Å². The van der Waals surface area contributed by atoms with E-state index in [4.69, 9.17) is 0 Å². The molecule has 0 aliphatic heterocycles. The number of benzene rings is 1. The van der Waals surface area contributed by atoms with Gasteiger partial charge in [-0.2, -0.15) is 0 Å². The van der Waals surface area contributed by atoms with Gasteiger partial charge < -0.3 is 9.88 Å². The molecule has 2 heterocycles. The molecule has 4 heteroatoms. The van der Waals surface area contributed by atoms with Crippen LogP contribution in [0.15, 0.2) is 35.8 Å². The molecule has 3 aromatic rings. The summed E-state index contributed by atoms with van der Waals surface area (Å²) in [6.45, 7) is 6.94. The maximum absolute atomic E-state index is 4.57. The molecule has 2 aromatic heterocycles. The molecule has 0 spiro atoms. The molecule has 0 amide bonds. The lowest BCUT2D eigenvalue weighted by Gasteiger charge is -2.09. The lowest BCUT2D eigenvalue weighted by atomic mass is 10.1. The minimum Gasteiger partial charge on any atom is -0.340 e. The van der Waals surface area contributed by atoms with Crippen LogP contribution in [0, 0.1) is 6.92 Å². The second kappa shape index (κ2) is 5.77. The Morgan fingerprint density at radius 3 is 2.95 bits per heavy atom. The first-order valence-electron chi connectivity index (χ1n) is 6.96. The Balaban J connectivity index is 1.98. The van der Waals surface area contributed by atoms with Crippen molar-refractivity contribution in [3.63, 3.8) is 0 Å². The molecule has 1 N–H and O–H groups in total. The van der Waals surface area contributed by atoms with E-state index in [2.05, 4.69) is 57.6 Å². The van der Waals surface area contributed by atoms with Crippen molar-refractivity contribution in [3.05, 3.63) is 52.1 Å². The van der Waals surface area contributed by atoms with Crippen molar-refractivity contribution in [1.82, 2.24) is 14.9 Å². The number of rotatable bonds is 5. The van der Waals surface area contributed by atoms with Crippen LogP contribution in [0.4, 0.5) is 0 Å². The highest BCUT2D eigenvalue weighted by atomic mass is 32.1. The first kappa shape index (κ1) is 13.3. The number of thiazole rings is 1. The van der Waals surface area contributed by atoms with Gasteiger partial charge in [0.25, 0.3) is 0 Å². The van der Waals surface area contributed by atoms with Gasteiger partial charge in [0.2, 0.25) is 0 Å². The summed E-state index contributed by atoms with van der Waals surface area (Å²) in [5.41, 5.74) is 3.78. The molecule has 0 radical (unpaired) electrons. The fourth-order valence-corrected chi connectivity index (χ4v) is 3.27. The number of nitrogens with zero attached hydrogens (tertiary/aromatic N) is 2. The highest BCUT2D eigenvalue weighted by molar-refractivity contribution is 7.09. The molecule has 0 saturated carbocycles. The largest absolute Gasteiger partial charge is 0.340 e. The average Bonchev–Trinajstić information content (AvgIpc) is 3.04. The quantitative estimate of drug-likeness (QED) is 0.776. The van der Waals surface area contributed by atoms with Crippen LogP contribution in [0.1, 0.15) is 23.2 Å².